The summed E-state index contributed by atoms with van der Waals surface area (Å²) in [6.07, 6.45) is 4.84. The molecule has 4 nitrogen and oxygen atoms in total. The van der Waals surface area contributed by atoms with Gasteiger partial charge in [-0.25, -0.2) is 0 Å². The minimum Gasteiger partial charge on any atom is -0.492 e. The molecule has 2 aliphatic rings. The molecule has 3 rings (SSSR count). The van der Waals surface area contributed by atoms with Crippen LogP contribution >= 0.6 is 0 Å². The highest BCUT2D eigenvalue weighted by Gasteiger charge is 2.23. The number of para-hydroxylation sites is 1. The van der Waals surface area contributed by atoms with E-state index >= 15 is 0 Å². The zero-order valence-electron chi connectivity index (χ0n) is 11.7. The quantitative estimate of drug-likeness (QED) is 0.833. The van der Waals surface area contributed by atoms with E-state index in [-0.39, 0.29) is 5.91 Å². The van der Waals surface area contributed by atoms with Crippen LogP contribution < -0.4 is 15.4 Å². The number of hydrogen-bond donors (Lipinski definition) is 2. The first-order chi connectivity index (χ1) is 9.83. The molecule has 1 heterocycles. The SMILES string of the molecule is O=C(NCC1CCCN1)c1ccccc1OCC1CC1. The summed E-state index contributed by atoms with van der Waals surface area (Å²) in [7, 11) is 0. The van der Waals surface area contributed by atoms with Crippen molar-refractivity contribution in [2.45, 2.75) is 31.7 Å². The monoisotopic (exact) mass is 274 g/mol. The molecule has 1 aromatic rings. The van der Waals surface area contributed by atoms with Gasteiger partial charge in [-0.3, -0.25) is 4.79 Å². The van der Waals surface area contributed by atoms with Crippen molar-refractivity contribution in [1.82, 2.24) is 10.6 Å². The molecule has 1 unspecified atom stereocenters. The molecular formula is C16H22N2O2. The Balaban J connectivity index is 1.57. The van der Waals surface area contributed by atoms with E-state index in [4.69, 9.17) is 4.74 Å². The average molecular weight is 274 g/mol. The molecule has 1 aliphatic heterocycles. The summed E-state index contributed by atoms with van der Waals surface area (Å²) in [5.74, 6) is 1.36. The van der Waals surface area contributed by atoms with Crippen LogP contribution in [0, 0.1) is 5.92 Å². The lowest BCUT2D eigenvalue weighted by molar-refractivity contribution is 0.0946. The van der Waals surface area contributed by atoms with Gasteiger partial charge in [-0.15, -0.1) is 0 Å². The van der Waals surface area contributed by atoms with E-state index in [1.165, 1.54) is 19.3 Å². The van der Waals surface area contributed by atoms with Crippen LogP contribution in [0.3, 0.4) is 0 Å². The molecule has 1 aromatic carbocycles. The third-order valence-electron chi connectivity index (χ3n) is 3.97. The first-order valence-electron chi connectivity index (χ1n) is 7.56. The van der Waals surface area contributed by atoms with Gasteiger partial charge in [0.2, 0.25) is 0 Å². The smallest absolute Gasteiger partial charge is 0.255 e. The van der Waals surface area contributed by atoms with Crippen molar-refractivity contribution in [3.63, 3.8) is 0 Å². The van der Waals surface area contributed by atoms with Gasteiger partial charge < -0.3 is 15.4 Å². The second kappa shape index (κ2) is 6.27. The van der Waals surface area contributed by atoms with Gasteiger partial charge in [-0.1, -0.05) is 12.1 Å². The van der Waals surface area contributed by atoms with Crippen LogP contribution in [0.2, 0.25) is 0 Å². The molecule has 0 radical (unpaired) electrons. The predicted octanol–water partition coefficient (Wildman–Crippen LogP) is 1.96. The van der Waals surface area contributed by atoms with Crippen molar-refractivity contribution in [1.29, 1.82) is 0 Å². The Kier molecular flexibility index (Phi) is 4.21. The van der Waals surface area contributed by atoms with Crippen molar-refractivity contribution in [2.75, 3.05) is 19.7 Å². The van der Waals surface area contributed by atoms with Gasteiger partial charge in [0.15, 0.2) is 0 Å². The molecule has 0 bridgehead atoms. The molecule has 108 valence electrons. The summed E-state index contributed by atoms with van der Waals surface area (Å²) < 4.78 is 5.78. The maximum atomic E-state index is 12.3. The standard InChI is InChI=1S/C16H22N2O2/c19-16(18-10-13-4-3-9-17-13)14-5-1-2-6-15(14)20-11-12-7-8-12/h1-2,5-6,12-13,17H,3-4,7-11H2,(H,18,19). The highest BCUT2D eigenvalue weighted by molar-refractivity contribution is 5.96. The topological polar surface area (TPSA) is 50.4 Å². The van der Waals surface area contributed by atoms with Crippen molar-refractivity contribution in [3.8, 4) is 5.75 Å². The molecule has 1 aliphatic carbocycles. The minimum atomic E-state index is -0.0369. The van der Waals surface area contributed by atoms with Gasteiger partial charge in [0, 0.05) is 12.6 Å². The van der Waals surface area contributed by atoms with E-state index in [0.717, 1.165) is 19.6 Å². The second-order valence-electron chi connectivity index (χ2n) is 5.75. The van der Waals surface area contributed by atoms with Crippen molar-refractivity contribution in [3.05, 3.63) is 29.8 Å². The van der Waals surface area contributed by atoms with Gasteiger partial charge in [0.1, 0.15) is 5.75 Å². The van der Waals surface area contributed by atoms with E-state index in [1.807, 2.05) is 24.3 Å². The summed E-state index contributed by atoms with van der Waals surface area (Å²) in [6, 6.07) is 7.92. The number of benzene rings is 1. The number of rotatable bonds is 6. The molecular weight excluding hydrogens is 252 g/mol. The van der Waals surface area contributed by atoms with Crippen LogP contribution in [0.1, 0.15) is 36.0 Å². The number of amides is 1. The normalized spacial score (nSPS) is 21.7. The number of carbonyl (C=O) groups is 1. The molecule has 1 saturated carbocycles. The Morgan fingerprint density at radius 1 is 1.30 bits per heavy atom. The Hall–Kier alpha value is -1.55. The van der Waals surface area contributed by atoms with Crippen molar-refractivity contribution < 1.29 is 9.53 Å². The van der Waals surface area contributed by atoms with Gasteiger partial charge >= 0.3 is 0 Å². The van der Waals surface area contributed by atoms with Gasteiger partial charge in [0.05, 0.1) is 12.2 Å². The van der Waals surface area contributed by atoms with Gasteiger partial charge in [-0.05, 0) is 50.3 Å². The van der Waals surface area contributed by atoms with Crippen LogP contribution in [0.25, 0.3) is 0 Å². The van der Waals surface area contributed by atoms with Crippen molar-refractivity contribution >= 4 is 5.91 Å². The highest BCUT2D eigenvalue weighted by atomic mass is 16.5. The third-order valence-corrected chi connectivity index (χ3v) is 3.97. The van der Waals surface area contributed by atoms with E-state index < -0.39 is 0 Å². The molecule has 2 N–H and O–H groups in total. The Labute approximate surface area is 119 Å². The summed E-state index contributed by atoms with van der Waals surface area (Å²) >= 11 is 0. The summed E-state index contributed by atoms with van der Waals surface area (Å²) in [4.78, 5) is 12.3. The number of carbonyl (C=O) groups excluding carboxylic acids is 1. The molecule has 20 heavy (non-hydrogen) atoms. The predicted molar refractivity (Wildman–Crippen MR) is 78.0 cm³/mol. The fraction of sp³-hybridized carbons (Fsp3) is 0.562. The molecule has 2 fully saturated rings. The van der Waals surface area contributed by atoms with Crippen LogP contribution in [0.15, 0.2) is 24.3 Å². The maximum absolute atomic E-state index is 12.3. The Morgan fingerprint density at radius 3 is 2.90 bits per heavy atom. The zero-order valence-corrected chi connectivity index (χ0v) is 11.7. The molecule has 1 amide bonds. The number of nitrogens with one attached hydrogen (secondary N) is 2. The lowest BCUT2D eigenvalue weighted by atomic mass is 10.1. The van der Waals surface area contributed by atoms with E-state index in [0.29, 0.717) is 29.8 Å². The van der Waals surface area contributed by atoms with Crippen LogP contribution in [-0.2, 0) is 0 Å². The van der Waals surface area contributed by atoms with E-state index in [2.05, 4.69) is 10.6 Å². The highest BCUT2D eigenvalue weighted by Crippen LogP contribution is 2.30. The fourth-order valence-corrected chi connectivity index (χ4v) is 2.51. The lowest BCUT2D eigenvalue weighted by Gasteiger charge is -2.14. The van der Waals surface area contributed by atoms with Crippen molar-refractivity contribution in [2.24, 2.45) is 5.92 Å². The molecule has 0 spiro atoms. The Bertz CT molecular complexity index is 465. The van der Waals surface area contributed by atoms with E-state index in [1.54, 1.807) is 0 Å². The van der Waals surface area contributed by atoms with Gasteiger partial charge in [0.25, 0.3) is 5.91 Å². The number of hydrogen-bond acceptors (Lipinski definition) is 3. The van der Waals surface area contributed by atoms with Gasteiger partial charge in [-0.2, -0.15) is 0 Å². The summed E-state index contributed by atoms with van der Waals surface area (Å²) in [5, 5.41) is 6.38. The summed E-state index contributed by atoms with van der Waals surface area (Å²) in [5.41, 5.74) is 0.645. The first kappa shape index (κ1) is 13.4. The first-order valence-corrected chi connectivity index (χ1v) is 7.56. The fourth-order valence-electron chi connectivity index (χ4n) is 2.51. The second-order valence-corrected chi connectivity index (χ2v) is 5.75. The third kappa shape index (κ3) is 3.51. The zero-order chi connectivity index (χ0) is 13.8. The molecule has 1 saturated heterocycles. The largest absolute Gasteiger partial charge is 0.492 e. The minimum absolute atomic E-state index is 0.0369. The van der Waals surface area contributed by atoms with Crippen LogP contribution in [-0.4, -0.2) is 31.6 Å². The van der Waals surface area contributed by atoms with Crippen LogP contribution in [0.5, 0.6) is 5.75 Å². The average Bonchev–Trinajstić information content (AvgIpc) is 3.17. The lowest BCUT2D eigenvalue weighted by Crippen LogP contribution is -2.37. The molecule has 1 atom stereocenters. The number of ether oxygens (including phenoxy) is 1. The summed E-state index contributed by atoms with van der Waals surface area (Å²) in [6.45, 7) is 2.48. The maximum Gasteiger partial charge on any atom is 0.255 e. The van der Waals surface area contributed by atoms with E-state index in [9.17, 15) is 4.79 Å². The Morgan fingerprint density at radius 2 is 2.15 bits per heavy atom. The molecule has 0 aromatic heterocycles. The van der Waals surface area contributed by atoms with Crippen LogP contribution in [0.4, 0.5) is 0 Å². The molecule has 4 heteroatoms.